The monoisotopic (exact) mass is 407 g/mol. The van der Waals surface area contributed by atoms with Gasteiger partial charge in [0.1, 0.15) is 11.4 Å². The Morgan fingerprint density at radius 2 is 1.92 bits per heavy atom. The number of hydrogen-bond donors (Lipinski definition) is 2. The number of benzene rings is 2. The van der Waals surface area contributed by atoms with Crippen LogP contribution in [0.2, 0.25) is 10.0 Å². The minimum Gasteiger partial charge on any atom is -0.410 e. The van der Waals surface area contributed by atoms with E-state index in [1.165, 1.54) is 17.4 Å². The number of para-hydroxylation sites is 2. The number of halogens is 2. The van der Waals surface area contributed by atoms with E-state index in [1.54, 1.807) is 47.8 Å². The summed E-state index contributed by atoms with van der Waals surface area (Å²) in [6, 6.07) is 12.9. The van der Waals surface area contributed by atoms with Crippen LogP contribution < -0.4 is 5.32 Å². The molecule has 0 saturated carbocycles. The van der Waals surface area contributed by atoms with E-state index in [0.29, 0.717) is 31.9 Å². The maximum atomic E-state index is 11.1. The van der Waals surface area contributed by atoms with Gasteiger partial charge in [-0.05, 0) is 35.7 Å². The van der Waals surface area contributed by atoms with E-state index < -0.39 is 4.92 Å². The molecule has 1 heterocycles. The lowest BCUT2D eigenvalue weighted by atomic mass is 10.1. The number of nitrogens with one attached hydrogen (secondary N) is 1. The molecule has 0 saturated heterocycles. The molecule has 0 unspecified atom stereocenters. The van der Waals surface area contributed by atoms with Crippen LogP contribution in [0.3, 0.4) is 0 Å². The van der Waals surface area contributed by atoms with Crippen LogP contribution >= 0.6 is 34.5 Å². The van der Waals surface area contributed by atoms with E-state index in [0.717, 1.165) is 0 Å². The molecule has 1 aromatic heterocycles. The minimum atomic E-state index is -0.465. The van der Waals surface area contributed by atoms with E-state index in [-0.39, 0.29) is 11.4 Å². The first kappa shape index (κ1) is 18.2. The average Bonchev–Trinajstić information content (AvgIpc) is 3.03. The predicted octanol–water partition coefficient (Wildman–Crippen LogP) is 5.93. The topological polar surface area (TPSA) is 87.8 Å². The Hall–Kier alpha value is -2.61. The molecule has 9 heteroatoms. The normalized spacial score (nSPS) is 11.4. The molecule has 0 atom stereocenters. The summed E-state index contributed by atoms with van der Waals surface area (Å²) in [6.07, 6.45) is 0. The first-order valence-corrected chi connectivity index (χ1v) is 8.90. The molecule has 0 bridgehead atoms. The molecule has 0 aliphatic carbocycles. The van der Waals surface area contributed by atoms with Gasteiger partial charge in [0.2, 0.25) is 0 Å². The highest BCUT2D eigenvalue weighted by Crippen LogP contribution is 2.32. The third-order valence-electron chi connectivity index (χ3n) is 3.54. The first-order valence-electron chi connectivity index (χ1n) is 7.27. The largest absolute Gasteiger partial charge is 0.410 e. The van der Waals surface area contributed by atoms with Gasteiger partial charge in [0.05, 0.1) is 19.8 Å². The van der Waals surface area contributed by atoms with Crippen LogP contribution in [-0.2, 0) is 0 Å². The molecule has 3 aromatic rings. The van der Waals surface area contributed by atoms with Gasteiger partial charge >= 0.3 is 0 Å². The second kappa shape index (κ2) is 7.74. The Morgan fingerprint density at radius 1 is 1.15 bits per heavy atom. The van der Waals surface area contributed by atoms with E-state index in [4.69, 9.17) is 23.2 Å². The van der Waals surface area contributed by atoms with Crippen LogP contribution in [0.15, 0.2) is 59.1 Å². The summed E-state index contributed by atoms with van der Waals surface area (Å²) in [5, 5.41) is 29.3. The van der Waals surface area contributed by atoms with Crippen LogP contribution in [0.5, 0.6) is 0 Å². The van der Waals surface area contributed by atoms with Gasteiger partial charge in [0.25, 0.3) is 5.69 Å². The van der Waals surface area contributed by atoms with Crippen molar-refractivity contribution in [3.63, 3.8) is 0 Å². The van der Waals surface area contributed by atoms with Gasteiger partial charge in [0.15, 0.2) is 0 Å². The summed E-state index contributed by atoms with van der Waals surface area (Å²) < 4.78 is 0. The van der Waals surface area contributed by atoms with E-state index in [9.17, 15) is 15.3 Å². The fourth-order valence-electron chi connectivity index (χ4n) is 2.36. The highest BCUT2D eigenvalue weighted by molar-refractivity contribution is 7.13. The molecule has 0 aliphatic heterocycles. The summed E-state index contributed by atoms with van der Waals surface area (Å²) in [7, 11) is 0. The number of hydrogen-bond acceptors (Lipinski definition) is 6. The molecule has 2 N–H and O–H groups in total. The molecule has 2 aromatic carbocycles. The second-order valence-electron chi connectivity index (χ2n) is 5.14. The third kappa shape index (κ3) is 3.65. The van der Waals surface area contributed by atoms with E-state index >= 15 is 0 Å². The van der Waals surface area contributed by atoms with Gasteiger partial charge in [-0.1, -0.05) is 40.5 Å². The molecular formula is C17H11Cl2N3O3S. The molecule has 0 radical (unpaired) electrons. The number of rotatable bonds is 5. The van der Waals surface area contributed by atoms with E-state index in [2.05, 4.69) is 10.5 Å². The number of oxime groups is 1. The Morgan fingerprint density at radius 3 is 2.54 bits per heavy atom. The average molecular weight is 408 g/mol. The molecular weight excluding hydrogens is 397 g/mol. The Balaban J connectivity index is 1.94. The van der Waals surface area contributed by atoms with Gasteiger partial charge in [-0.2, -0.15) is 0 Å². The van der Waals surface area contributed by atoms with Crippen molar-refractivity contribution in [1.82, 2.24) is 0 Å². The van der Waals surface area contributed by atoms with Crippen LogP contribution in [0.4, 0.5) is 17.1 Å². The standard InChI is InChI=1S/C17H11Cl2N3O3S/c18-12-7-8-26-17(12)16(21-23)11-6-5-10(9-13(11)19)20-14-3-1-2-4-15(14)22(24)25/h1-9,20,23H. The van der Waals surface area contributed by atoms with Gasteiger partial charge in [0, 0.05) is 17.3 Å². The van der Waals surface area contributed by atoms with Crippen molar-refractivity contribution >= 4 is 57.3 Å². The Bertz CT molecular complexity index is 1000. The van der Waals surface area contributed by atoms with Crippen LogP contribution in [-0.4, -0.2) is 15.8 Å². The summed E-state index contributed by atoms with van der Waals surface area (Å²) >= 11 is 13.8. The number of nitrogens with zero attached hydrogens (tertiary/aromatic N) is 2. The van der Waals surface area contributed by atoms with Crippen molar-refractivity contribution in [2.75, 3.05) is 5.32 Å². The molecule has 3 rings (SSSR count). The number of anilines is 2. The molecule has 26 heavy (non-hydrogen) atoms. The smallest absolute Gasteiger partial charge is 0.292 e. The van der Waals surface area contributed by atoms with Crippen LogP contribution in [0.1, 0.15) is 10.4 Å². The lowest BCUT2D eigenvalue weighted by molar-refractivity contribution is -0.383. The van der Waals surface area contributed by atoms with Gasteiger partial charge < -0.3 is 10.5 Å². The van der Waals surface area contributed by atoms with Crippen molar-refractivity contribution in [3.8, 4) is 0 Å². The van der Waals surface area contributed by atoms with Crippen LogP contribution in [0.25, 0.3) is 0 Å². The zero-order valence-electron chi connectivity index (χ0n) is 13.0. The fourth-order valence-corrected chi connectivity index (χ4v) is 3.78. The third-order valence-corrected chi connectivity index (χ3v) is 5.20. The second-order valence-corrected chi connectivity index (χ2v) is 6.87. The van der Waals surface area contributed by atoms with Crippen molar-refractivity contribution < 1.29 is 10.1 Å². The van der Waals surface area contributed by atoms with Gasteiger partial charge in [-0.3, -0.25) is 10.1 Å². The molecule has 6 nitrogen and oxygen atoms in total. The van der Waals surface area contributed by atoms with Crippen molar-refractivity contribution in [2.45, 2.75) is 0 Å². The highest BCUT2D eigenvalue weighted by Gasteiger charge is 2.17. The zero-order valence-corrected chi connectivity index (χ0v) is 15.3. The number of nitro benzene ring substituents is 1. The maximum absolute atomic E-state index is 11.1. The fraction of sp³-hybridized carbons (Fsp3) is 0. The predicted molar refractivity (Wildman–Crippen MR) is 105 cm³/mol. The summed E-state index contributed by atoms with van der Waals surface area (Å²) in [5.41, 5.74) is 1.61. The maximum Gasteiger partial charge on any atom is 0.292 e. The van der Waals surface area contributed by atoms with Crippen molar-refractivity contribution in [1.29, 1.82) is 0 Å². The lowest BCUT2D eigenvalue weighted by Crippen LogP contribution is -2.03. The summed E-state index contributed by atoms with van der Waals surface area (Å²) in [5.74, 6) is 0. The molecule has 132 valence electrons. The summed E-state index contributed by atoms with van der Waals surface area (Å²) in [6.45, 7) is 0. The minimum absolute atomic E-state index is 0.0457. The Kier molecular flexibility index (Phi) is 5.41. The SMILES string of the molecule is O=[N+]([O-])c1ccccc1Nc1ccc(C(=NO)c2sccc2Cl)c(Cl)c1. The molecule has 0 fully saturated rings. The van der Waals surface area contributed by atoms with Crippen LogP contribution in [0, 0.1) is 10.1 Å². The number of thiophene rings is 1. The van der Waals surface area contributed by atoms with Crippen molar-refractivity contribution in [2.24, 2.45) is 5.16 Å². The summed E-state index contributed by atoms with van der Waals surface area (Å²) in [4.78, 5) is 11.2. The highest BCUT2D eigenvalue weighted by atomic mass is 35.5. The number of nitro groups is 1. The zero-order chi connectivity index (χ0) is 18.7. The molecule has 0 spiro atoms. The quantitative estimate of drug-likeness (QED) is 0.237. The van der Waals surface area contributed by atoms with E-state index in [1.807, 2.05) is 0 Å². The Labute approximate surface area is 162 Å². The first-order chi connectivity index (χ1) is 12.5. The molecule has 0 amide bonds. The van der Waals surface area contributed by atoms with Gasteiger partial charge in [-0.25, -0.2) is 0 Å². The van der Waals surface area contributed by atoms with Gasteiger partial charge in [-0.15, -0.1) is 11.3 Å². The van der Waals surface area contributed by atoms with Crippen molar-refractivity contribution in [3.05, 3.63) is 84.5 Å². The lowest BCUT2D eigenvalue weighted by Gasteiger charge is -2.10. The molecule has 0 aliphatic rings.